The van der Waals surface area contributed by atoms with E-state index >= 15 is 0 Å². The molecule has 0 radical (unpaired) electrons. The van der Waals surface area contributed by atoms with E-state index in [1.54, 1.807) is 6.92 Å². The summed E-state index contributed by atoms with van der Waals surface area (Å²) in [6.45, 7) is 9.53. The molecule has 4 heteroatoms. The average Bonchev–Trinajstić information content (AvgIpc) is 2.39. The van der Waals surface area contributed by atoms with E-state index in [1.807, 2.05) is 24.0 Å². The van der Waals surface area contributed by atoms with Gasteiger partial charge >= 0.3 is 0 Å². The average molecular weight is 276 g/mol. The minimum Gasteiger partial charge on any atom is -0.387 e. The summed E-state index contributed by atoms with van der Waals surface area (Å²) in [4.78, 5) is 15.4. The predicted octanol–water partition coefficient (Wildman–Crippen LogP) is 1.50. The normalized spacial score (nSPS) is 18.1. The standard InChI is InChI=1S/C16H24N2O2/c1-12-4-5-15(13(2)10-12)16(20)11-17-6-8-18(9-7-17)14(3)19/h4-5,10,16,20H,6-9,11H2,1-3H3. The van der Waals surface area contributed by atoms with E-state index in [2.05, 4.69) is 17.9 Å². The van der Waals surface area contributed by atoms with Crippen LogP contribution >= 0.6 is 0 Å². The second kappa shape index (κ2) is 6.37. The lowest BCUT2D eigenvalue weighted by Crippen LogP contribution is -2.48. The molecular formula is C16H24N2O2. The first kappa shape index (κ1) is 15.0. The molecule has 20 heavy (non-hydrogen) atoms. The van der Waals surface area contributed by atoms with Crippen LogP contribution in [0.4, 0.5) is 0 Å². The summed E-state index contributed by atoms with van der Waals surface area (Å²) >= 11 is 0. The van der Waals surface area contributed by atoms with E-state index in [-0.39, 0.29) is 5.91 Å². The van der Waals surface area contributed by atoms with E-state index in [1.165, 1.54) is 5.56 Å². The monoisotopic (exact) mass is 276 g/mol. The number of amides is 1. The lowest BCUT2D eigenvalue weighted by molar-refractivity contribution is -0.130. The molecule has 1 saturated heterocycles. The van der Waals surface area contributed by atoms with Gasteiger partial charge < -0.3 is 10.0 Å². The minimum absolute atomic E-state index is 0.138. The maximum Gasteiger partial charge on any atom is 0.219 e. The van der Waals surface area contributed by atoms with E-state index in [0.717, 1.165) is 37.3 Å². The van der Waals surface area contributed by atoms with Gasteiger partial charge in [-0.1, -0.05) is 23.8 Å². The summed E-state index contributed by atoms with van der Waals surface area (Å²) in [7, 11) is 0. The maximum atomic E-state index is 11.3. The molecule has 1 heterocycles. The first-order valence-electron chi connectivity index (χ1n) is 7.20. The Hall–Kier alpha value is -1.39. The van der Waals surface area contributed by atoms with Crippen LogP contribution in [0.1, 0.15) is 29.7 Å². The zero-order valence-electron chi connectivity index (χ0n) is 12.6. The van der Waals surface area contributed by atoms with Crippen molar-refractivity contribution in [1.29, 1.82) is 0 Å². The maximum absolute atomic E-state index is 11.3. The van der Waals surface area contributed by atoms with Crippen molar-refractivity contribution in [2.75, 3.05) is 32.7 Å². The van der Waals surface area contributed by atoms with Crippen LogP contribution in [0.2, 0.25) is 0 Å². The molecule has 0 bridgehead atoms. The first-order valence-corrected chi connectivity index (χ1v) is 7.20. The van der Waals surface area contributed by atoms with Crippen LogP contribution in [-0.4, -0.2) is 53.5 Å². The summed E-state index contributed by atoms with van der Waals surface area (Å²) in [5.41, 5.74) is 3.36. The lowest BCUT2D eigenvalue weighted by atomic mass is 10.0. The first-order chi connectivity index (χ1) is 9.47. The van der Waals surface area contributed by atoms with Crippen LogP contribution < -0.4 is 0 Å². The Morgan fingerprint density at radius 2 is 1.90 bits per heavy atom. The lowest BCUT2D eigenvalue weighted by Gasteiger charge is -2.35. The van der Waals surface area contributed by atoms with Crippen molar-refractivity contribution in [3.05, 3.63) is 34.9 Å². The van der Waals surface area contributed by atoms with E-state index in [4.69, 9.17) is 0 Å². The van der Waals surface area contributed by atoms with Crippen molar-refractivity contribution in [2.45, 2.75) is 26.9 Å². The van der Waals surface area contributed by atoms with Gasteiger partial charge in [0.1, 0.15) is 0 Å². The van der Waals surface area contributed by atoms with Gasteiger partial charge in [-0.3, -0.25) is 9.69 Å². The van der Waals surface area contributed by atoms with Gasteiger partial charge in [-0.15, -0.1) is 0 Å². The largest absolute Gasteiger partial charge is 0.387 e. The van der Waals surface area contributed by atoms with Gasteiger partial charge in [0.2, 0.25) is 5.91 Å². The number of carbonyl (C=O) groups is 1. The van der Waals surface area contributed by atoms with Crippen molar-refractivity contribution in [1.82, 2.24) is 9.80 Å². The number of β-amino-alcohol motifs (C(OH)–C–C–N with tert-alkyl or cyclic N) is 1. The van der Waals surface area contributed by atoms with E-state index in [0.29, 0.717) is 6.54 Å². The van der Waals surface area contributed by atoms with Gasteiger partial charge in [0.25, 0.3) is 0 Å². The third-order valence-electron chi connectivity index (χ3n) is 4.03. The number of piperazine rings is 1. The molecular weight excluding hydrogens is 252 g/mol. The molecule has 1 aliphatic rings. The Morgan fingerprint density at radius 1 is 1.25 bits per heavy atom. The quantitative estimate of drug-likeness (QED) is 0.910. The molecule has 1 aromatic rings. The molecule has 1 N–H and O–H groups in total. The second-order valence-electron chi connectivity index (χ2n) is 5.68. The van der Waals surface area contributed by atoms with Crippen LogP contribution in [0, 0.1) is 13.8 Å². The highest BCUT2D eigenvalue weighted by atomic mass is 16.3. The molecule has 1 aromatic carbocycles. The van der Waals surface area contributed by atoms with Crippen molar-refractivity contribution < 1.29 is 9.90 Å². The highest BCUT2D eigenvalue weighted by molar-refractivity contribution is 5.73. The molecule has 0 saturated carbocycles. The van der Waals surface area contributed by atoms with Crippen LogP contribution in [0.15, 0.2) is 18.2 Å². The molecule has 0 spiro atoms. The Kier molecular flexibility index (Phi) is 4.78. The number of aliphatic hydroxyl groups excluding tert-OH is 1. The highest BCUT2D eigenvalue weighted by Crippen LogP contribution is 2.20. The molecule has 1 atom stereocenters. The number of nitrogens with zero attached hydrogens (tertiary/aromatic N) is 2. The number of carbonyl (C=O) groups excluding carboxylic acids is 1. The topological polar surface area (TPSA) is 43.8 Å². The Labute approximate surface area is 121 Å². The SMILES string of the molecule is CC(=O)N1CCN(CC(O)c2ccc(C)cc2C)CC1. The van der Waals surface area contributed by atoms with E-state index in [9.17, 15) is 9.90 Å². The number of aryl methyl sites for hydroxylation is 2. The van der Waals surface area contributed by atoms with Gasteiger partial charge in [-0.25, -0.2) is 0 Å². The van der Waals surface area contributed by atoms with Crippen molar-refractivity contribution in [2.24, 2.45) is 0 Å². The summed E-state index contributed by atoms with van der Waals surface area (Å²) in [6.07, 6.45) is -0.459. The minimum atomic E-state index is -0.459. The molecule has 1 amide bonds. The van der Waals surface area contributed by atoms with Crippen molar-refractivity contribution >= 4 is 5.91 Å². The van der Waals surface area contributed by atoms with E-state index < -0.39 is 6.10 Å². The fourth-order valence-electron chi connectivity index (χ4n) is 2.79. The third-order valence-corrected chi connectivity index (χ3v) is 4.03. The van der Waals surface area contributed by atoms with Gasteiger partial charge in [-0.05, 0) is 25.0 Å². The molecule has 0 aromatic heterocycles. The fourth-order valence-corrected chi connectivity index (χ4v) is 2.79. The number of benzene rings is 1. The summed E-state index contributed by atoms with van der Waals surface area (Å²) in [5.74, 6) is 0.138. The number of hydrogen-bond donors (Lipinski definition) is 1. The summed E-state index contributed by atoms with van der Waals surface area (Å²) in [6, 6.07) is 6.16. The molecule has 0 aliphatic carbocycles. The number of aliphatic hydroxyl groups is 1. The number of hydrogen-bond acceptors (Lipinski definition) is 3. The zero-order chi connectivity index (χ0) is 14.7. The second-order valence-corrected chi connectivity index (χ2v) is 5.68. The molecule has 4 nitrogen and oxygen atoms in total. The summed E-state index contributed by atoms with van der Waals surface area (Å²) < 4.78 is 0. The van der Waals surface area contributed by atoms with Gasteiger partial charge in [0.05, 0.1) is 6.10 Å². The smallest absolute Gasteiger partial charge is 0.219 e. The third kappa shape index (κ3) is 3.58. The molecule has 1 aliphatic heterocycles. The fraction of sp³-hybridized carbons (Fsp3) is 0.562. The van der Waals surface area contributed by atoms with Crippen LogP contribution in [0.5, 0.6) is 0 Å². The highest BCUT2D eigenvalue weighted by Gasteiger charge is 2.21. The Morgan fingerprint density at radius 3 is 2.45 bits per heavy atom. The molecule has 2 rings (SSSR count). The Balaban J connectivity index is 1.92. The molecule has 110 valence electrons. The van der Waals surface area contributed by atoms with Crippen molar-refractivity contribution in [3.8, 4) is 0 Å². The number of rotatable bonds is 3. The van der Waals surface area contributed by atoms with Crippen LogP contribution in [0.3, 0.4) is 0 Å². The predicted molar refractivity (Wildman–Crippen MR) is 79.6 cm³/mol. The van der Waals surface area contributed by atoms with Crippen LogP contribution in [0.25, 0.3) is 0 Å². The van der Waals surface area contributed by atoms with Gasteiger partial charge in [0, 0.05) is 39.6 Å². The van der Waals surface area contributed by atoms with Crippen LogP contribution in [-0.2, 0) is 4.79 Å². The van der Waals surface area contributed by atoms with Crippen molar-refractivity contribution in [3.63, 3.8) is 0 Å². The summed E-state index contributed by atoms with van der Waals surface area (Å²) in [5, 5.41) is 10.4. The van der Waals surface area contributed by atoms with Gasteiger partial charge in [-0.2, -0.15) is 0 Å². The molecule has 1 fully saturated rings. The molecule has 1 unspecified atom stereocenters. The Bertz CT molecular complexity index is 479. The van der Waals surface area contributed by atoms with Gasteiger partial charge in [0.15, 0.2) is 0 Å². The zero-order valence-corrected chi connectivity index (χ0v) is 12.6.